The summed E-state index contributed by atoms with van der Waals surface area (Å²) in [6.07, 6.45) is 1.28. The van der Waals surface area contributed by atoms with Crippen LogP contribution in [0.1, 0.15) is 24.8 Å². The third kappa shape index (κ3) is 2.94. The van der Waals surface area contributed by atoms with Crippen LogP contribution in [0, 0.1) is 29.0 Å². The van der Waals surface area contributed by atoms with Crippen LogP contribution in [0.5, 0.6) is 0 Å². The van der Waals surface area contributed by atoms with Gasteiger partial charge in [-0.15, -0.1) is 0 Å². The number of carboxylic acids is 1. The van der Waals surface area contributed by atoms with E-state index >= 15 is 0 Å². The molecule has 1 saturated carbocycles. The Morgan fingerprint density at radius 2 is 2.05 bits per heavy atom. The topological polar surface area (TPSA) is 90.2 Å². The molecule has 1 aromatic carbocycles. The zero-order valence-electron chi connectivity index (χ0n) is 10.6. The lowest BCUT2D eigenvalue weighted by atomic mass is 10.0. The predicted molar refractivity (Wildman–Crippen MR) is 68.2 cm³/mol. The molecule has 2 atom stereocenters. The van der Waals surface area contributed by atoms with E-state index in [-0.39, 0.29) is 23.1 Å². The zero-order valence-corrected chi connectivity index (χ0v) is 10.6. The maximum Gasteiger partial charge on any atom is 0.306 e. The van der Waals surface area contributed by atoms with Gasteiger partial charge < -0.3 is 10.4 Å². The highest BCUT2D eigenvalue weighted by molar-refractivity contribution is 5.94. The van der Waals surface area contributed by atoms with Crippen molar-refractivity contribution in [2.75, 3.05) is 5.32 Å². The van der Waals surface area contributed by atoms with E-state index in [1.165, 1.54) is 6.07 Å². The fourth-order valence-corrected chi connectivity index (χ4v) is 2.40. The average Bonchev–Trinajstić information content (AvgIpc) is 2.90. The minimum Gasteiger partial charge on any atom is -0.481 e. The number of halogens is 1. The molecule has 2 N–H and O–H groups in total. The van der Waals surface area contributed by atoms with E-state index in [0.717, 1.165) is 12.1 Å². The Balaban J connectivity index is 2.06. The number of nitrogens with one attached hydrogen (secondary N) is 1. The Labute approximate surface area is 115 Å². The SMILES string of the molecule is N#Cc1cc(F)ccc1NC(=O)[C@@H]1CC[C@H](C(=O)O)C1. The van der Waals surface area contributed by atoms with Gasteiger partial charge in [-0.3, -0.25) is 9.59 Å². The van der Waals surface area contributed by atoms with E-state index in [2.05, 4.69) is 5.32 Å². The number of hydrogen-bond donors (Lipinski definition) is 2. The third-order valence-electron chi connectivity index (χ3n) is 3.51. The van der Waals surface area contributed by atoms with E-state index < -0.39 is 17.7 Å². The molecule has 0 radical (unpaired) electrons. The van der Waals surface area contributed by atoms with Crippen LogP contribution in [0.3, 0.4) is 0 Å². The molecule has 20 heavy (non-hydrogen) atoms. The standard InChI is InChI=1S/C14H13FN2O3/c15-11-3-4-12(10(6-11)7-16)17-13(18)8-1-2-9(5-8)14(19)20/h3-4,6,8-9H,1-2,5H2,(H,17,18)(H,19,20)/t8-,9+/m1/s1. The van der Waals surface area contributed by atoms with Crippen molar-refractivity contribution in [3.05, 3.63) is 29.6 Å². The first-order chi connectivity index (χ1) is 9.51. The largest absolute Gasteiger partial charge is 0.481 e. The molecule has 0 spiro atoms. The molecule has 0 aliphatic heterocycles. The normalized spacial score (nSPS) is 21.2. The molecule has 5 nitrogen and oxygen atoms in total. The van der Waals surface area contributed by atoms with Gasteiger partial charge in [0, 0.05) is 5.92 Å². The van der Waals surface area contributed by atoms with Crippen LogP contribution < -0.4 is 5.32 Å². The Morgan fingerprint density at radius 1 is 1.35 bits per heavy atom. The summed E-state index contributed by atoms with van der Waals surface area (Å²) >= 11 is 0. The van der Waals surface area contributed by atoms with Crippen molar-refractivity contribution >= 4 is 17.6 Å². The highest BCUT2D eigenvalue weighted by Crippen LogP contribution is 2.32. The molecule has 2 rings (SSSR count). The van der Waals surface area contributed by atoms with Gasteiger partial charge in [-0.2, -0.15) is 5.26 Å². The smallest absolute Gasteiger partial charge is 0.306 e. The number of nitrogens with zero attached hydrogens (tertiary/aromatic N) is 1. The van der Waals surface area contributed by atoms with Gasteiger partial charge in [-0.1, -0.05) is 0 Å². The van der Waals surface area contributed by atoms with Crippen LogP contribution >= 0.6 is 0 Å². The van der Waals surface area contributed by atoms with Gasteiger partial charge in [0.15, 0.2) is 0 Å². The first-order valence-corrected chi connectivity index (χ1v) is 6.24. The molecule has 0 saturated heterocycles. The Hall–Kier alpha value is -2.42. The second-order valence-corrected chi connectivity index (χ2v) is 4.84. The Bertz CT molecular complexity index is 595. The molecule has 0 aromatic heterocycles. The quantitative estimate of drug-likeness (QED) is 0.884. The van der Waals surface area contributed by atoms with E-state index in [4.69, 9.17) is 10.4 Å². The number of rotatable bonds is 3. The Morgan fingerprint density at radius 3 is 2.65 bits per heavy atom. The summed E-state index contributed by atoms with van der Waals surface area (Å²) < 4.78 is 13.0. The first kappa shape index (κ1) is 14.0. The molecule has 0 bridgehead atoms. The summed E-state index contributed by atoms with van der Waals surface area (Å²) in [4.78, 5) is 22.9. The number of hydrogen-bond acceptors (Lipinski definition) is 3. The molecule has 0 heterocycles. The van der Waals surface area contributed by atoms with Crippen molar-refractivity contribution in [1.29, 1.82) is 5.26 Å². The number of nitriles is 1. The van der Waals surface area contributed by atoms with Crippen LogP contribution in [-0.2, 0) is 9.59 Å². The average molecular weight is 276 g/mol. The highest BCUT2D eigenvalue weighted by Gasteiger charge is 2.33. The van der Waals surface area contributed by atoms with Gasteiger partial charge >= 0.3 is 5.97 Å². The van der Waals surface area contributed by atoms with Crippen molar-refractivity contribution in [3.63, 3.8) is 0 Å². The van der Waals surface area contributed by atoms with Crippen molar-refractivity contribution in [2.24, 2.45) is 11.8 Å². The lowest BCUT2D eigenvalue weighted by molar-refractivity contribution is -0.141. The van der Waals surface area contributed by atoms with Crippen LogP contribution in [0.25, 0.3) is 0 Å². The number of anilines is 1. The van der Waals surface area contributed by atoms with Crippen molar-refractivity contribution < 1.29 is 19.1 Å². The summed E-state index contributed by atoms with van der Waals surface area (Å²) in [7, 11) is 0. The molecule has 1 fully saturated rings. The van der Waals surface area contributed by atoms with Crippen molar-refractivity contribution in [1.82, 2.24) is 0 Å². The van der Waals surface area contributed by atoms with Gasteiger partial charge in [0.25, 0.3) is 0 Å². The second-order valence-electron chi connectivity index (χ2n) is 4.84. The van der Waals surface area contributed by atoms with Crippen LogP contribution in [0.4, 0.5) is 10.1 Å². The minimum atomic E-state index is -0.889. The van der Waals surface area contributed by atoms with Gasteiger partial charge in [0.1, 0.15) is 11.9 Å². The van der Waals surface area contributed by atoms with Crippen molar-refractivity contribution in [3.8, 4) is 6.07 Å². The van der Waals surface area contributed by atoms with E-state index in [1.54, 1.807) is 0 Å². The van der Waals surface area contributed by atoms with Gasteiger partial charge in [0.2, 0.25) is 5.91 Å². The zero-order chi connectivity index (χ0) is 14.7. The molecular weight excluding hydrogens is 263 g/mol. The van der Waals surface area contributed by atoms with Crippen molar-refractivity contribution in [2.45, 2.75) is 19.3 Å². The van der Waals surface area contributed by atoms with E-state index in [1.807, 2.05) is 6.07 Å². The second kappa shape index (κ2) is 5.70. The van der Waals surface area contributed by atoms with Gasteiger partial charge in [-0.05, 0) is 37.5 Å². The number of carboxylic acid groups (broad SMARTS) is 1. The fourth-order valence-electron chi connectivity index (χ4n) is 2.40. The van der Waals surface area contributed by atoms with E-state index in [0.29, 0.717) is 19.3 Å². The number of amides is 1. The summed E-state index contributed by atoms with van der Waals surface area (Å²) in [5.74, 6) is -2.63. The van der Waals surface area contributed by atoms with Crippen LogP contribution in [0.15, 0.2) is 18.2 Å². The summed E-state index contributed by atoms with van der Waals surface area (Å²) in [5.41, 5.74) is 0.295. The van der Waals surface area contributed by atoms with Gasteiger partial charge in [-0.25, -0.2) is 4.39 Å². The maximum atomic E-state index is 13.0. The minimum absolute atomic E-state index is 0.0473. The lowest BCUT2D eigenvalue weighted by Crippen LogP contribution is -2.22. The maximum absolute atomic E-state index is 13.0. The number of carbonyl (C=O) groups excluding carboxylic acids is 1. The Kier molecular flexibility index (Phi) is 3.99. The summed E-state index contributed by atoms with van der Waals surface area (Å²) in [6.45, 7) is 0. The number of aliphatic carboxylic acids is 1. The fraction of sp³-hybridized carbons (Fsp3) is 0.357. The molecule has 6 heteroatoms. The van der Waals surface area contributed by atoms with Gasteiger partial charge in [0.05, 0.1) is 17.2 Å². The summed E-state index contributed by atoms with van der Waals surface area (Å²) in [6, 6.07) is 5.34. The molecule has 1 amide bonds. The molecule has 104 valence electrons. The lowest BCUT2D eigenvalue weighted by Gasteiger charge is -2.11. The van der Waals surface area contributed by atoms with Crippen LogP contribution in [-0.4, -0.2) is 17.0 Å². The monoisotopic (exact) mass is 276 g/mol. The first-order valence-electron chi connectivity index (χ1n) is 6.24. The number of benzene rings is 1. The molecule has 1 aliphatic carbocycles. The molecule has 1 aliphatic rings. The predicted octanol–water partition coefficient (Wildman–Crippen LogP) is 2.14. The van der Waals surface area contributed by atoms with Crippen LogP contribution in [0.2, 0.25) is 0 Å². The highest BCUT2D eigenvalue weighted by atomic mass is 19.1. The van der Waals surface area contributed by atoms with E-state index in [9.17, 15) is 14.0 Å². The summed E-state index contributed by atoms with van der Waals surface area (Å²) in [5, 5.41) is 20.4. The number of carbonyl (C=O) groups is 2. The molecule has 0 unspecified atom stereocenters. The molecule has 1 aromatic rings. The third-order valence-corrected chi connectivity index (χ3v) is 3.51. The molecular formula is C14H13FN2O3.